The molecule has 0 aromatic carbocycles. The van der Waals surface area contributed by atoms with E-state index in [0.29, 0.717) is 12.1 Å². The highest BCUT2D eigenvalue weighted by atomic mass is 16.5. The third-order valence-corrected chi connectivity index (χ3v) is 3.83. The molecule has 1 aliphatic carbocycles. The summed E-state index contributed by atoms with van der Waals surface area (Å²) in [6.07, 6.45) is 14.9. The highest BCUT2D eigenvalue weighted by molar-refractivity contribution is 4.80. The van der Waals surface area contributed by atoms with Crippen molar-refractivity contribution in [2.45, 2.75) is 89.7 Å². The van der Waals surface area contributed by atoms with Crippen LogP contribution in [-0.4, -0.2) is 18.8 Å². The Bertz CT molecular complexity index is 172. The third-order valence-electron chi connectivity index (χ3n) is 3.83. The van der Waals surface area contributed by atoms with Gasteiger partial charge in [-0.1, -0.05) is 51.9 Å². The van der Waals surface area contributed by atoms with Crippen molar-refractivity contribution >= 4 is 0 Å². The molecule has 0 aromatic rings. The van der Waals surface area contributed by atoms with Crippen molar-refractivity contribution in [3.63, 3.8) is 0 Å². The van der Waals surface area contributed by atoms with Gasteiger partial charge in [0.05, 0.1) is 6.10 Å². The zero-order chi connectivity index (χ0) is 12.3. The number of nitrogens with two attached hydrogens (primary N) is 1. The molecule has 0 aromatic heterocycles. The van der Waals surface area contributed by atoms with Gasteiger partial charge in [0, 0.05) is 12.6 Å². The summed E-state index contributed by atoms with van der Waals surface area (Å²) in [6, 6.07) is 0.309. The summed E-state index contributed by atoms with van der Waals surface area (Å²) >= 11 is 0. The minimum absolute atomic E-state index is 0.309. The Balaban J connectivity index is 1.78. The first-order chi connectivity index (χ1) is 8.34. The summed E-state index contributed by atoms with van der Waals surface area (Å²) in [6.45, 7) is 3.19. The molecule has 2 nitrogen and oxygen atoms in total. The quantitative estimate of drug-likeness (QED) is 0.586. The van der Waals surface area contributed by atoms with Gasteiger partial charge in [-0.05, 0) is 25.7 Å². The molecule has 0 saturated heterocycles. The lowest BCUT2D eigenvalue weighted by Crippen LogP contribution is -2.31. The Kier molecular flexibility index (Phi) is 8.72. The van der Waals surface area contributed by atoms with Crippen LogP contribution in [0, 0.1) is 0 Å². The highest BCUT2D eigenvalue weighted by Gasteiger charge is 2.23. The average Bonchev–Trinajstić information content (AvgIpc) is 2.73. The van der Waals surface area contributed by atoms with Gasteiger partial charge in [0.1, 0.15) is 0 Å². The molecule has 2 heteroatoms. The predicted molar refractivity (Wildman–Crippen MR) is 74.2 cm³/mol. The monoisotopic (exact) mass is 241 g/mol. The Morgan fingerprint density at radius 3 is 2.18 bits per heavy atom. The van der Waals surface area contributed by atoms with Crippen LogP contribution in [0.15, 0.2) is 0 Å². The summed E-state index contributed by atoms with van der Waals surface area (Å²) in [5.41, 5.74) is 5.96. The lowest BCUT2D eigenvalue weighted by Gasteiger charge is -2.16. The van der Waals surface area contributed by atoms with Gasteiger partial charge < -0.3 is 10.5 Å². The molecule has 1 rings (SSSR count). The first-order valence-electron chi connectivity index (χ1n) is 7.71. The lowest BCUT2D eigenvalue weighted by molar-refractivity contribution is 0.0455. The van der Waals surface area contributed by atoms with Gasteiger partial charge in [0.15, 0.2) is 0 Å². The van der Waals surface area contributed by atoms with Crippen LogP contribution in [0.1, 0.15) is 77.6 Å². The second-order valence-electron chi connectivity index (χ2n) is 5.48. The Morgan fingerprint density at radius 1 is 0.941 bits per heavy atom. The first kappa shape index (κ1) is 15.0. The van der Waals surface area contributed by atoms with E-state index in [-0.39, 0.29) is 0 Å². The van der Waals surface area contributed by atoms with Crippen molar-refractivity contribution in [1.82, 2.24) is 0 Å². The van der Waals surface area contributed by atoms with Gasteiger partial charge >= 0.3 is 0 Å². The van der Waals surface area contributed by atoms with Crippen molar-refractivity contribution in [2.75, 3.05) is 6.61 Å². The van der Waals surface area contributed by atoms with E-state index >= 15 is 0 Å². The predicted octanol–water partition coefficient (Wildman–Crippen LogP) is 4.02. The zero-order valence-electron chi connectivity index (χ0n) is 11.6. The molecule has 2 unspecified atom stereocenters. The fraction of sp³-hybridized carbons (Fsp3) is 1.00. The van der Waals surface area contributed by atoms with Crippen molar-refractivity contribution in [3.05, 3.63) is 0 Å². The Morgan fingerprint density at radius 2 is 1.59 bits per heavy atom. The van der Waals surface area contributed by atoms with Crippen LogP contribution < -0.4 is 5.73 Å². The van der Waals surface area contributed by atoms with Crippen molar-refractivity contribution in [3.8, 4) is 0 Å². The fourth-order valence-corrected chi connectivity index (χ4v) is 2.63. The van der Waals surface area contributed by atoms with Gasteiger partial charge in [0.2, 0.25) is 0 Å². The molecule has 1 aliphatic rings. The fourth-order valence-electron chi connectivity index (χ4n) is 2.63. The first-order valence-corrected chi connectivity index (χ1v) is 7.71. The smallest absolute Gasteiger partial charge is 0.0725 e. The van der Waals surface area contributed by atoms with Gasteiger partial charge in [-0.2, -0.15) is 0 Å². The lowest BCUT2D eigenvalue weighted by atomic mass is 10.1. The molecule has 0 radical (unpaired) electrons. The summed E-state index contributed by atoms with van der Waals surface area (Å²) < 4.78 is 5.84. The number of rotatable bonds is 10. The van der Waals surface area contributed by atoms with Crippen LogP contribution in [0.2, 0.25) is 0 Å². The largest absolute Gasteiger partial charge is 0.377 e. The van der Waals surface area contributed by atoms with E-state index in [1.807, 2.05) is 0 Å². The molecule has 1 saturated carbocycles. The summed E-state index contributed by atoms with van der Waals surface area (Å²) in [4.78, 5) is 0. The van der Waals surface area contributed by atoms with Crippen LogP contribution in [0.25, 0.3) is 0 Å². The maximum Gasteiger partial charge on any atom is 0.0725 e. The molecule has 17 heavy (non-hydrogen) atoms. The maximum atomic E-state index is 5.96. The summed E-state index contributed by atoms with van der Waals surface area (Å²) in [5.74, 6) is 0. The van der Waals surface area contributed by atoms with E-state index in [1.54, 1.807) is 0 Å². The Labute approximate surface area is 107 Å². The van der Waals surface area contributed by atoms with Crippen LogP contribution in [0.3, 0.4) is 0 Å². The van der Waals surface area contributed by atoms with Crippen LogP contribution in [-0.2, 0) is 4.74 Å². The number of hydrogen-bond acceptors (Lipinski definition) is 2. The van der Waals surface area contributed by atoms with Crippen molar-refractivity contribution in [1.29, 1.82) is 0 Å². The highest BCUT2D eigenvalue weighted by Crippen LogP contribution is 2.20. The topological polar surface area (TPSA) is 35.2 Å². The second kappa shape index (κ2) is 9.90. The van der Waals surface area contributed by atoms with E-state index in [2.05, 4.69) is 6.92 Å². The van der Waals surface area contributed by atoms with Crippen LogP contribution in [0.4, 0.5) is 0 Å². The number of unbranched alkanes of at least 4 members (excludes halogenated alkanes) is 7. The molecule has 0 amide bonds. The van der Waals surface area contributed by atoms with E-state index < -0.39 is 0 Å². The van der Waals surface area contributed by atoms with E-state index in [4.69, 9.17) is 10.5 Å². The molecular weight excluding hydrogens is 210 g/mol. The van der Waals surface area contributed by atoms with Crippen molar-refractivity contribution in [2.24, 2.45) is 5.73 Å². The van der Waals surface area contributed by atoms with Crippen LogP contribution in [0.5, 0.6) is 0 Å². The molecular formula is C15H31NO. The molecule has 0 bridgehead atoms. The molecule has 0 heterocycles. The van der Waals surface area contributed by atoms with Gasteiger partial charge in [-0.25, -0.2) is 0 Å². The van der Waals surface area contributed by atoms with Gasteiger partial charge in [-0.3, -0.25) is 0 Å². The molecule has 2 N–H and O–H groups in total. The molecule has 102 valence electrons. The zero-order valence-corrected chi connectivity index (χ0v) is 11.6. The normalized spacial score (nSPS) is 24.4. The molecule has 2 atom stereocenters. The molecule has 1 fully saturated rings. The number of hydrogen-bond donors (Lipinski definition) is 1. The van der Waals surface area contributed by atoms with Gasteiger partial charge in [0.25, 0.3) is 0 Å². The molecule has 0 spiro atoms. The SMILES string of the molecule is CCCCCCCCCCOC1CCCC1N. The van der Waals surface area contributed by atoms with E-state index in [9.17, 15) is 0 Å². The Hall–Kier alpha value is -0.0800. The second-order valence-corrected chi connectivity index (χ2v) is 5.48. The summed E-state index contributed by atoms with van der Waals surface area (Å²) in [7, 11) is 0. The molecule has 0 aliphatic heterocycles. The average molecular weight is 241 g/mol. The van der Waals surface area contributed by atoms with Gasteiger partial charge in [-0.15, -0.1) is 0 Å². The standard InChI is InChI=1S/C15H31NO/c1-2-3-4-5-6-7-8-9-13-17-15-12-10-11-14(15)16/h14-15H,2-13,16H2,1H3. The third kappa shape index (κ3) is 7.05. The number of ether oxygens (including phenoxy) is 1. The maximum absolute atomic E-state index is 5.96. The summed E-state index contributed by atoms with van der Waals surface area (Å²) in [5, 5.41) is 0. The minimum atomic E-state index is 0.309. The van der Waals surface area contributed by atoms with Crippen LogP contribution >= 0.6 is 0 Å². The van der Waals surface area contributed by atoms with E-state index in [1.165, 1.54) is 64.2 Å². The van der Waals surface area contributed by atoms with E-state index in [0.717, 1.165) is 13.0 Å². The minimum Gasteiger partial charge on any atom is -0.377 e. The van der Waals surface area contributed by atoms with Crippen molar-refractivity contribution < 1.29 is 4.74 Å².